The fourth-order valence-corrected chi connectivity index (χ4v) is 3.23. The van der Waals surface area contributed by atoms with Crippen LogP contribution in [-0.2, 0) is 0 Å². The van der Waals surface area contributed by atoms with Crippen LogP contribution in [0.3, 0.4) is 0 Å². The molecule has 0 amide bonds. The van der Waals surface area contributed by atoms with Gasteiger partial charge in [0.1, 0.15) is 5.75 Å². The fourth-order valence-electron chi connectivity index (χ4n) is 3.23. The van der Waals surface area contributed by atoms with Crippen molar-refractivity contribution in [3.8, 4) is 5.75 Å². The van der Waals surface area contributed by atoms with Crippen molar-refractivity contribution in [2.45, 2.75) is 51.6 Å². The number of likely N-dealkylation sites (N-methyl/N-ethyl adjacent to an activating group) is 1. The molecule has 2 rings (SSSR count). The summed E-state index contributed by atoms with van der Waals surface area (Å²) in [7, 11) is 1.72. The summed E-state index contributed by atoms with van der Waals surface area (Å²) >= 11 is 0. The van der Waals surface area contributed by atoms with Crippen LogP contribution in [0.1, 0.15) is 45.1 Å². The first kappa shape index (κ1) is 16.3. The molecule has 3 heteroatoms. The number of nitrogens with one attached hydrogen (secondary N) is 1. The maximum Gasteiger partial charge on any atom is 0.118 e. The van der Waals surface area contributed by atoms with Crippen molar-refractivity contribution in [2.75, 3.05) is 26.7 Å². The molecule has 0 spiro atoms. The lowest BCUT2D eigenvalue weighted by molar-refractivity contribution is 0.221. The monoisotopic (exact) mass is 290 g/mol. The van der Waals surface area contributed by atoms with E-state index in [9.17, 15) is 0 Å². The second-order valence-corrected chi connectivity index (χ2v) is 6.19. The van der Waals surface area contributed by atoms with Crippen molar-refractivity contribution in [3.63, 3.8) is 0 Å². The molecule has 1 aliphatic carbocycles. The number of hydrogen-bond donors (Lipinski definition) is 1. The SMILES string of the molecule is CCN(CC)CC(C)NC1CC(c2ccc(OC)cc2)C1. The molecule has 1 unspecified atom stereocenters. The Morgan fingerprint density at radius 3 is 2.33 bits per heavy atom. The quantitative estimate of drug-likeness (QED) is 0.795. The molecule has 0 radical (unpaired) electrons. The number of nitrogens with zero attached hydrogens (tertiary/aromatic N) is 1. The Kier molecular flexibility index (Phi) is 6.07. The van der Waals surface area contributed by atoms with E-state index in [1.165, 1.54) is 18.4 Å². The lowest BCUT2D eigenvalue weighted by Gasteiger charge is -2.39. The smallest absolute Gasteiger partial charge is 0.118 e. The zero-order valence-electron chi connectivity index (χ0n) is 13.9. The second-order valence-electron chi connectivity index (χ2n) is 6.19. The van der Waals surface area contributed by atoms with Crippen molar-refractivity contribution in [2.24, 2.45) is 0 Å². The Labute approximate surface area is 129 Å². The van der Waals surface area contributed by atoms with Gasteiger partial charge in [-0.15, -0.1) is 0 Å². The van der Waals surface area contributed by atoms with E-state index in [0.717, 1.165) is 25.4 Å². The number of benzene rings is 1. The van der Waals surface area contributed by atoms with Crippen LogP contribution in [0.25, 0.3) is 0 Å². The summed E-state index contributed by atoms with van der Waals surface area (Å²) in [4.78, 5) is 2.48. The molecule has 1 aromatic rings. The van der Waals surface area contributed by atoms with E-state index in [1.807, 2.05) is 0 Å². The third kappa shape index (κ3) is 4.45. The molecule has 0 heterocycles. The number of hydrogen-bond acceptors (Lipinski definition) is 3. The van der Waals surface area contributed by atoms with E-state index in [1.54, 1.807) is 7.11 Å². The Balaban J connectivity index is 1.73. The highest BCUT2D eigenvalue weighted by atomic mass is 16.5. The lowest BCUT2D eigenvalue weighted by Crippen LogP contribution is -2.48. The van der Waals surface area contributed by atoms with Crippen LogP contribution >= 0.6 is 0 Å². The zero-order valence-corrected chi connectivity index (χ0v) is 13.9. The summed E-state index contributed by atoms with van der Waals surface area (Å²) in [6.07, 6.45) is 2.52. The van der Waals surface area contributed by atoms with Gasteiger partial charge in [0, 0.05) is 18.6 Å². The van der Waals surface area contributed by atoms with Crippen LogP contribution in [0.2, 0.25) is 0 Å². The third-order valence-electron chi connectivity index (χ3n) is 4.67. The van der Waals surface area contributed by atoms with Gasteiger partial charge in [0.05, 0.1) is 7.11 Å². The van der Waals surface area contributed by atoms with Crippen molar-refractivity contribution < 1.29 is 4.74 Å². The highest BCUT2D eigenvalue weighted by Gasteiger charge is 2.30. The molecule has 1 atom stereocenters. The van der Waals surface area contributed by atoms with E-state index >= 15 is 0 Å². The largest absolute Gasteiger partial charge is 0.497 e. The van der Waals surface area contributed by atoms with Gasteiger partial charge in [-0.25, -0.2) is 0 Å². The number of methoxy groups -OCH3 is 1. The molecule has 21 heavy (non-hydrogen) atoms. The number of ether oxygens (including phenoxy) is 1. The third-order valence-corrected chi connectivity index (χ3v) is 4.67. The van der Waals surface area contributed by atoms with Crippen LogP contribution in [0, 0.1) is 0 Å². The zero-order chi connectivity index (χ0) is 15.2. The topological polar surface area (TPSA) is 24.5 Å². The van der Waals surface area contributed by atoms with Gasteiger partial charge in [0.15, 0.2) is 0 Å². The van der Waals surface area contributed by atoms with Crippen LogP contribution in [0.4, 0.5) is 0 Å². The molecule has 0 bridgehead atoms. The van der Waals surface area contributed by atoms with E-state index in [0.29, 0.717) is 18.0 Å². The van der Waals surface area contributed by atoms with Gasteiger partial charge in [-0.1, -0.05) is 26.0 Å². The maximum absolute atomic E-state index is 5.22. The Hall–Kier alpha value is -1.06. The standard InChI is InChI=1S/C18H30N2O/c1-5-20(6-2)13-14(3)19-17-11-16(12-17)15-7-9-18(21-4)10-8-15/h7-10,14,16-17,19H,5-6,11-13H2,1-4H3. The van der Waals surface area contributed by atoms with Crippen molar-refractivity contribution in [3.05, 3.63) is 29.8 Å². The number of rotatable bonds is 8. The first-order valence-electron chi connectivity index (χ1n) is 8.28. The second kappa shape index (κ2) is 7.81. The first-order valence-corrected chi connectivity index (χ1v) is 8.28. The van der Waals surface area contributed by atoms with Gasteiger partial charge < -0.3 is 15.0 Å². The molecule has 0 saturated heterocycles. The molecule has 1 aliphatic rings. The molecule has 1 N–H and O–H groups in total. The summed E-state index contributed by atoms with van der Waals surface area (Å²) < 4.78 is 5.22. The van der Waals surface area contributed by atoms with Gasteiger partial charge in [-0.05, 0) is 56.5 Å². The van der Waals surface area contributed by atoms with Crippen LogP contribution in [0.5, 0.6) is 5.75 Å². The highest BCUT2D eigenvalue weighted by Crippen LogP contribution is 2.37. The summed E-state index contributed by atoms with van der Waals surface area (Å²) in [5, 5.41) is 3.77. The minimum absolute atomic E-state index is 0.576. The van der Waals surface area contributed by atoms with Crippen molar-refractivity contribution >= 4 is 0 Å². The average molecular weight is 290 g/mol. The minimum Gasteiger partial charge on any atom is -0.497 e. The van der Waals surface area contributed by atoms with E-state index in [-0.39, 0.29) is 0 Å². The first-order chi connectivity index (χ1) is 10.2. The Morgan fingerprint density at radius 2 is 1.81 bits per heavy atom. The minimum atomic E-state index is 0.576. The molecule has 0 aromatic heterocycles. The molecule has 3 nitrogen and oxygen atoms in total. The van der Waals surface area contributed by atoms with Crippen molar-refractivity contribution in [1.82, 2.24) is 10.2 Å². The van der Waals surface area contributed by atoms with E-state index in [4.69, 9.17) is 4.74 Å². The lowest BCUT2D eigenvalue weighted by atomic mass is 9.75. The van der Waals surface area contributed by atoms with Crippen LogP contribution in [-0.4, -0.2) is 43.7 Å². The van der Waals surface area contributed by atoms with Crippen molar-refractivity contribution in [1.29, 1.82) is 0 Å². The predicted molar refractivity (Wildman–Crippen MR) is 89.1 cm³/mol. The van der Waals surface area contributed by atoms with Gasteiger partial charge in [-0.2, -0.15) is 0 Å². The molecule has 118 valence electrons. The summed E-state index contributed by atoms with van der Waals surface area (Å²) in [5.41, 5.74) is 1.45. The normalized spacial score (nSPS) is 22.9. The van der Waals surface area contributed by atoms with Gasteiger partial charge >= 0.3 is 0 Å². The highest BCUT2D eigenvalue weighted by molar-refractivity contribution is 5.30. The molecular weight excluding hydrogens is 260 g/mol. The van der Waals surface area contributed by atoms with Crippen LogP contribution in [0.15, 0.2) is 24.3 Å². The Morgan fingerprint density at radius 1 is 1.19 bits per heavy atom. The van der Waals surface area contributed by atoms with Gasteiger partial charge in [0.25, 0.3) is 0 Å². The molecule has 1 saturated carbocycles. The van der Waals surface area contributed by atoms with Gasteiger partial charge in [-0.3, -0.25) is 0 Å². The molecule has 1 aromatic carbocycles. The summed E-state index contributed by atoms with van der Waals surface area (Å²) in [6.45, 7) is 10.2. The Bertz CT molecular complexity index is 408. The summed E-state index contributed by atoms with van der Waals surface area (Å²) in [5.74, 6) is 1.66. The summed E-state index contributed by atoms with van der Waals surface area (Å²) in [6, 6.07) is 9.81. The van der Waals surface area contributed by atoms with E-state index in [2.05, 4.69) is 55.3 Å². The fraction of sp³-hybridized carbons (Fsp3) is 0.667. The van der Waals surface area contributed by atoms with Crippen LogP contribution < -0.4 is 10.1 Å². The predicted octanol–water partition coefficient (Wildman–Crippen LogP) is 3.26. The maximum atomic E-state index is 5.22. The molecule has 1 fully saturated rings. The van der Waals surface area contributed by atoms with Gasteiger partial charge in [0.2, 0.25) is 0 Å². The molecular formula is C18H30N2O. The average Bonchev–Trinajstić information content (AvgIpc) is 2.48. The van der Waals surface area contributed by atoms with E-state index < -0.39 is 0 Å². The molecule has 0 aliphatic heterocycles.